The number of β-amino-alcohol motifs (C(OH)–C–C–N with tert-alkyl or cyclic N) is 1. The number of rotatable bonds is 9. The standard InChI is InChI=1S/C29H33NO2/c1-2-28(23-11-5-3-6-12-23)29(24-13-7-4-8-14-24)25-15-17-27(18-16-25)32-22-26(31)21-30-19-9-10-20-30/h3-8,11-18,26,31H,2,9-10,19-22H2,1H3/b29-28-. The molecule has 0 amide bonds. The first kappa shape index (κ1) is 22.3. The molecule has 3 heteroatoms. The molecule has 3 aromatic rings. The van der Waals surface area contributed by atoms with Crippen molar-refractivity contribution in [3.8, 4) is 5.75 Å². The van der Waals surface area contributed by atoms with Crippen LogP contribution in [-0.2, 0) is 0 Å². The Labute approximate surface area is 192 Å². The molecule has 0 aliphatic carbocycles. The second kappa shape index (κ2) is 11.1. The summed E-state index contributed by atoms with van der Waals surface area (Å²) in [4.78, 5) is 2.31. The molecule has 1 atom stereocenters. The Balaban J connectivity index is 1.55. The zero-order valence-electron chi connectivity index (χ0n) is 18.9. The van der Waals surface area contributed by atoms with E-state index >= 15 is 0 Å². The van der Waals surface area contributed by atoms with Crippen LogP contribution in [0.4, 0.5) is 0 Å². The zero-order valence-corrected chi connectivity index (χ0v) is 18.9. The lowest BCUT2D eigenvalue weighted by Crippen LogP contribution is -2.33. The number of hydrogen-bond acceptors (Lipinski definition) is 3. The molecule has 0 saturated carbocycles. The number of likely N-dealkylation sites (tertiary alicyclic amines) is 1. The molecule has 1 heterocycles. The smallest absolute Gasteiger partial charge is 0.119 e. The second-order valence-electron chi connectivity index (χ2n) is 8.44. The van der Waals surface area contributed by atoms with Crippen molar-refractivity contribution >= 4 is 11.1 Å². The van der Waals surface area contributed by atoms with E-state index in [0.717, 1.165) is 25.3 Å². The molecular weight excluding hydrogens is 394 g/mol. The summed E-state index contributed by atoms with van der Waals surface area (Å²) >= 11 is 0. The van der Waals surface area contributed by atoms with Crippen molar-refractivity contribution in [1.82, 2.24) is 4.90 Å². The van der Waals surface area contributed by atoms with Gasteiger partial charge in [-0.1, -0.05) is 79.7 Å². The van der Waals surface area contributed by atoms with Gasteiger partial charge in [-0.2, -0.15) is 0 Å². The fraction of sp³-hybridized carbons (Fsp3) is 0.310. The molecule has 1 unspecified atom stereocenters. The van der Waals surface area contributed by atoms with Crippen LogP contribution in [0, 0.1) is 0 Å². The topological polar surface area (TPSA) is 32.7 Å². The van der Waals surface area contributed by atoms with Crippen LogP contribution in [0.5, 0.6) is 5.75 Å². The van der Waals surface area contributed by atoms with E-state index in [2.05, 4.69) is 84.6 Å². The SMILES string of the molecule is CC/C(=C(\c1ccccc1)c1ccc(OCC(O)CN2CCCC2)cc1)c1ccccc1. The molecule has 0 radical (unpaired) electrons. The maximum atomic E-state index is 10.3. The van der Waals surface area contributed by atoms with Crippen molar-refractivity contribution in [3.63, 3.8) is 0 Å². The van der Waals surface area contributed by atoms with E-state index in [9.17, 15) is 5.11 Å². The third-order valence-electron chi connectivity index (χ3n) is 6.09. The highest BCUT2D eigenvalue weighted by atomic mass is 16.5. The molecule has 4 rings (SSSR count). The third kappa shape index (κ3) is 5.67. The van der Waals surface area contributed by atoms with Gasteiger partial charge in [-0.25, -0.2) is 0 Å². The molecule has 3 nitrogen and oxygen atoms in total. The average molecular weight is 428 g/mol. The Morgan fingerprint density at radius 2 is 1.38 bits per heavy atom. The number of aliphatic hydroxyl groups is 1. The first-order chi connectivity index (χ1) is 15.7. The maximum absolute atomic E-state index is 10.3. The Morgan fingerprint density at radius 1 is 0.812 bits per heavy atom. The van der Waals surface area contributed by atoms with Gasteiger partial charge >= 0.3 is 0 Å². The summed E-state index contributed by atoms with van der Waals surface area (Å²) in [5.74, 6) is 0.791. The van der Waals surface area contributed by atoms with Gasteiger partial charge in [0, 0.05) is 6.54 Å². The van der Waals surface area contributed by atoms with Gasteiger partial charge in [0.1, 0.15) is 18.5 Å². The Kier molecular flexibility index (Phi) is 7.76. The third-order valence-corrected chi connectivity index (χ3v) is 6.09. The lowest BCUT2D eigenvalue weighted by Gasteiger charge is -2.20. The van der Waals surface area contributed by atoms with Crippen LogP contribution in [0.1, 0.15) is 42.9 Å². The van der Waals surface area contributed by atoms with Gasteiger partial charge in [-0.05, 0) is 72.3 Å². The first-order valence-electron chi connectivity index (χ1n) is 11.7. The van der Waals surface area contributed by atoms with Crippen LogP contribution in [0.2, 0.25) is 0 Å². The highest BCUT2D eigenvalue weighted by molar-refractivity contribution is 5.98. The summed E-state index contributed by atoms with van der Waals surface area (Å²) in [5.41, 5.74) is 6.20. The Bertz CT molecular complexity index is 990. The number of ether oxygens (including phenoxy) is 1. The normalized spacial score (nSPS) is 15.9. The van der Waals surface area contributed by atoms with E-state index in [0.29, 0.717) is 13.2 Å². The molecule has 1 saturated heterocycles. The van der Waals surface area contributed by atoms with E-state index in [1.54, 1.807) is 0 Å². The highest BCUT2D eigenvalue weighted by Gasteiger charge is 2.16. The van der Waals surface area contributed by atoms with Crippen LogP contribution >= 0.6 is 0 Å². The Hall–Kier alpha value is -2.88. The van der Waals surface area contributed by atoms with Crippen LogP contribution in [0.15, 0.2) is 84.9 Å². The predicted octanol–water partition coefficient (Wildman–Crippen LogP) is 5.89. The highest BCUT2D eigenvalue weighted by Crippen LogP contribution is 2.34. The molecule has 166 valence electrons. The molecule has 0 aromatic heterocycles. The van der Waals surface area contributed by atoms with Crippen molar-refractivity contribution in [1.29, 1.82) is 0 Å². The van der Waals surface area contributed by atoms with E-state index in [1.165, 1.54) is 40.7 Å². The van der Waals surface area contributed by atoms with Gasteiger partial charge in [0.15, 0.2) is 0 Å². The van der Waals surface area contributed by atoms with Crippen molar-refractivity contribution in [2.75, 3.05) is 26.2 Å². The first-order valence-corrected chi connectivity index (χ1v) is 11.7. The van der Waals surface area contributed by atoms with E-state index in [1.807, 2.05) is 12.1 Å². The number of aliphatic hydroxyl groups excluding tert-OH is 1. The van der Waals surface area contributed by atoms with E-state index in [-0.39, 0.29) is 0 Å². The van der Waals surface area contributed by atoms with Gasteiger partial charge in [-0.3, -0.25) is 0 Å². The summed E-state index contributed by atoms with van der Waals surface area (Å²) in [6.07, 6.45) is 2.94. The summed E-state index contributed by atoms with van der Waals surface area (Å²) in [5, 5.41) is 10.3. The maximum Gasteiger partial charge on any atom is 0.119 e. The minimum atomic E-state index is -0.461. The molecule has 32 heavy (non-hydrogen) atoms. The molecule has 0 bridgehead atoms. The summed E-state index contributed by atoms with van der Waals surface area (Å²) in [6, 6.07) is 29.5. The predicted molar refractivity (Wildman–Crippen MR) is 133 cm³/mol. The minimum Gasteiger partial charge on any atom is -0.491 e. The molecule has 1 aliphatic rings. The molecular formula is C29H33NO2. The minimum absolute atomic E-state index is 0.321. The second-order valence-corrected chi connectivity index (χ2v) is 8.44. The molecule has 1 N–H and O–H groups in total. The quantitative estimate of drug-likeness (QED) is 0.432. The Morgan fingerprint density at radius 3 is 1.97 bits per heavy atom. The van der Waals surface area contributed by atoms with Crippen LogP contribution < -0.4 is 4.74 Å². The largest absolute Gasteiger partial charge is 0.491 e. The van der Waals surface area contributed by atoms with Crippen LogP contribution in [0.25, 0.3) is 11.1 Å². The fourth-order valence-electron chi connectivity index (χ4n) is 4.51. The van der Waals surface area contributed by atoms with Gasteiger partial charge in [0.05, 0.1) is 0 Å². The summed E-state index contributed by atoms with van der Waals surface area (Å²) in [6.45, 7) is 5.39. The summed E-state index contributed by atoms with van der Waals surface area (Å²) in [7, 11) is 0. The van der Waals surface area contributed by atoms with E-state index < -0.39 is 6.10 Å². The van der Waals surface area contributed by atoms with Gasteiger partial charge in [0.25, 0.3) is 0 Å². The average Bonchev–Trinajstić information content (AvgIpc) is 3.36. The van der Waals surface area contributed by atoms with Crippen LogP contribution in [-0.4, -0.2) is 42.4 Å². The monoisotopic (exact) mass is 427 g/mol. The molecule has 1 fully saturated rings. The molecule has 3 aromatic carbocycles. The number of nitrogens with zero attached hydrogens (tertiary/aromatic N) is 1. The number of benzene rings is 3. The number of allylic oxidation sites excluding steroid dienone is 1. The van der Waals surface area contributed by atoms with Crippen LogP contribution in [0.3, 0.4) is 0 Å². The number of hydrogen-bond donors (Lipinski definition) is 1. The zero-order chi connectivity index (χ0) is 22.2. The van der Waals surface area contributed by atoms with Crippen molar-refractivity contribution in [2.24, 2.45) is 0 Å². The van der Waals surface area contributed by atoms with Gasteiger partial charge in [0.2, 0.25) is 0 Å². The van der Waals surface area contributed by atoms with Crippen molar-refractivity contribution in [2.45, 2.75) is 32.3 Å². The van der Waals surface area contributed by atoms with Crippen molar-refractivity contribution < 1.29 is 9.84 Å². The lowest BCUT2D eigenvalue weighted by atomic mass is 9.88. The van der Waals surface area contributed by atoms with E-state index in [4.69, 9.17) is 4.74 Å². The lowest BCUT2D eigenvalue weighted by molar-refractivity contribution is 0.0758. The van der Waals surface area contributed by atoms with Crippen molar-refractivity contribution in [3.05, 3.63) is 102 Å². The molecule has 1 aliphatic heterocycles. The van der Waals surface area contributed by atoms with Gasteiger partial charge in [-0.15, -0.1) is 0 Å². The summed E-state index contributed by atoms with van der Waals surface area (Å²) < 4.78 is 5.90. The molecule has 0 spiro atoms. The fourth-order valence-corrected chi connectivity index (χ4v) is 4.51. The van der Waals surface area contributed by atoms with Gasteiger partial charge < -0.3 is 14.7 Å².